The Kier molecular flexibility index (Phi) is 8.88. The molecule has 1 spiro atoms. The second kappa shape index (κ2) is 13.7. The monoisotopic (exact) mass is 740 g/mol. The van der Waals surface area contributed by atoms with E-state index in [4.69, 9.17) is 26.4 Å². The molecule has 1 aromatic heterocycles. The molecule has 8 rings (SSSR count). The molecule has 0 bridgehead atoms. The molecule has 1 saturated heterocycles. The first-order valence-electron chi connectivity index (χ1n) is 17.3. The number of hydrogen-bond donors (Lipinski definition) is 6. The number of phenolic OH excluding ortho intramolecular Hbond substituents is 2. The van der Waals surface area contributed by atoms with Gasteiger partial charge in [-0.15, -0.1) is 0 Å². The molecule has 0 radical (unpaired) electrons. The molecule has 0 unspecified atom stereocenters. The Morgan fingerprint density at radius 1 is 0.962 bits per heavy atom. The molecule has 53 heavy (non-hydrogen) atoms. The highest BCUT2D eigenvalue weighted by Gasteiger charge is 2.53. The molecule has 4 aliphatic heterocycles. The first kappa shape index (κ1) is 34.4. The molecule has 1 fully saturated rings. The largest absolute Gasteiger partial charge is 0.508 e. The maximum atomic E-state index is 13.4. The van der Waals surface area contributed by atoms with Crippen molar-refractivity contribution in [3.05, 3.63) is 99.6 Å². The van der Waals surface area contributed by atoms with Crippen LogP contribution in [0.25, 0.3) is 5.88 Å². The predicted molar refractivity (Wildman–Crippen MR) is 191 cm³/mol. The number of carbonyl (C=O) groups is 2. The molecule has 4 aliphatic rings. The number of phenols is 2. The Morgan fingerprint density at radius 2 is 1.68 bits per heavy atom. The number of aromatic nitrogens is 2. The van der Waals surface area contributed by atoms with Gasteiger partial charge in [0.1, 0.15) is 40.9 Å². The van der Waals surface area contributed by atoms with E-state index in [0.29, 0.717) is 81.2 Å². The molecule has 15 nitrogen and oxygen atoms in total. The van der Waals surface area contributed by atoms with Crippen LogP contribution in [0.2, 0.25) is 0 Å². The molecule has 1 amide bonds. The molecule has 5 heterocycles. The number of nitrogens with one attached hydrogen (secondary N) is 2. The minimum atomic E-state index is -1.37. The molecule has 274 valence electrons. The molecular formula is C37H36N6O9S. The summed E-state index contributed by atoms with van der Waals surface area (Å²) in [6.07, 6.45) is 3.25. The van der Waals surface area contributed by atoms with Gasteiger partial charge in [0.15, 0.2) is 16.4 Å². The number of nitrogens with zero attached hydrogens (tertiary/aromatic N) is 4. The molecule has 0 saturated carbocycles. The summed E-state index contributed by atoms with van der Waals surface area (Å²) in [5.74, 6) is -0.187. The first-order valence-corrected chi connectivity index (χ1v) is 17.7. The molecule has 6 N–H and O–H groups in total. The van der Waals surface area contributed by atoms with E-state index in [1.165, 1.54) is 24.3 Å². The van der Waals surface area contributed by atoms with E-state index in [0.717, 1.165) is 12.8 Å². The third kappa shape index (κ3) is 6.07. The number of esters is 1. The molecule has 2 atom stereocenters. The lowest BCUT2D eigenvalue weighted by Crippen LogP contribution is -2.44. The van der Waals surface area contributed by atoms with Crippen molar-refractivity contribution in [1.29, 1.82) is 0 Å². The van der Waals surface area contributed by atoms with E-state index in [1.807, 2.05) is 0 Å². The summed E-state index contributed by atoms with van der Waals surface area (Å²) in [4.78, 5) is 37.0. The highest BCUT2D eigenvalue weighted by atomic mass is 32.1. The van der Waals surface area contributed by atoms with Crippen LogP contribution in [0.1, 0.15) is 64.5 Å². The average Bonchev–Trinajstić information content (AvgIpc) is 3.87. The SMILES string of the molecule is O=C(CCCN1CN=c2c(ncn2[C@H]2CC[C@@H](CO)O2)=C1O)NCCNC(=S)c1ccc2c(c1)C(=O)OC21c2ccc(O)cc2Oc2cc(O)ccc21. The van der Waals surface area contributed by atoms with Gasteiger partial charge in [-0.05, 0) is 49.6 Å². The van der Waals surface area contributed by atoms with Gasteiger partial charge in [0, 0.05) is 60.4 Å². The normalized spacial score (nSPS) is 19.0. The van der Waals surface area contributed by atoms with Crippen LogP contribution < -0.4 is 26.2 Å². The zero-order chi connectivity index (χ0) is 36.9. The number of carbonyl (C=O) groups excluding carboxylic acids is 2. The number of aliphatic hydroxyl groups is 2. The maximum Gasteiger partial charge on any atom is 0.340 e. The van der Waals surface area contributed by atoms with Crippen molar-refractivity contribution in [1.82, 2.24) is 25.1 Å². The fourth-order valence-electron chi connectivity index (χ4n) is 7.30. The summed E-state index contributed by atoms with van der Waals surface area (Å²) in [5, 5.41) is 46.9. The predicted octanol–water partition coefficient (Wildman–Crippen LogP) is 1.91. The van der Waals surface area contributed by atoms with E-state index in [2.05, 4.69) is 20.6 Å². The number of aliphatic hydroxyl groups excluding tert-OH is 2. The maximum absolute atomic E-state index is 13.4. The third-order valence-electron chi connectivity index (χ3n) is 9.87. The second-order valence-electron chi connectivity index (χ2n) is 13.2. The van der Waals surface area contributed by atoms with Crippen LogP contribution >= 0.6 is 12.2 Å². The van der Waals surface area contributed by atoms with Gasteiger partial charge < -0.3 is 50.2 Å². The molecular weight excluding hydrogens is 705 g/mol. The molecule has 16 heteroatoms. The Morgan fingerprint density at radius 3 is 2.40 bits per heavy atom. The lowest BCUT2D eigenvalue weighted by atomic mass is 9.77. The van der Waals surface area contributed by atoms with Crippen LogP contribution in [0.15, 0.2) is 65.9 Å². The quantitative estimate of drug-likeness (QED) is 0.0784. The first-order chi connectivity index (χ1) is 25.7. The highest BCUT2D eigenvalue weighted by molar-refractivity contribution is 7.80. The Bertz CT molecular complexity index is 2220. The zero-order valence-electron chi connectivity index (χ0n) is 28.3. The number of fused-ring (bicyclic) bond motifs is 7. The van der Waals surface area contributed by atoms with Crippen molar-refractivity contribution >= 4 is 35.0 Å². The van der Waals surface area contributed by atoms with E-state index < -0.39 is 11.6 Å². The number of imidazole rings is 1. The van der Waals surface area contributed by atoms with Gasteiger partial charge >= 0.3 is 5.97 Å². The molecule has 0 aliphatic carbocycles. The van der Waals surface area contributed by atoms with Gasteiger partial charge in [-0.2, -0.15) is 0 Å². The van der Waals surface area contributed by atoms with Gasteiger partial charge in [0.25, 0.3) is 0 Å². The van der Waals surface area contributed by atoms with Crippen LogP contribution in [-0.2, 0) is 19.9 Å². The van der Waals surface area contributed by atoms with Crippen LogP contribution in [0.4, 0.5) is 0 Å². The van der Waals surface area contributed by atoms with Crippen molar-refractivity contribution in [2.24, 2.45) is 4.99 Å². The lowest BCUT2D eigenvalue weighted by Gasteiger charge is -2.36. The van der Waals surface area contributed by atoms with Gasteiger partial charge in [-0.1, -0.05) is 24.4 Å². The minimum absolute atomic E-state index is 0.00141. The van der Waals surface area contributed by atoms with Gasteiger partial charge in [0.2, 0.25) is 11.8 Å². The summed E-state index contributed by atoms with van der Waals surface area (Å²) < 4.78 is 19.8. The topological polar surface area (TPSA) is 200 Å². The van der Waals surface area contributed by atoms with Crippen molar-refractivity contribution in [2.75, 3.05) is 32.9 Å². The summed E-state index contributed by atoms with van der Waals surface area (Å²) in [5.41, 5.74) is 1.69. The third-order valence-corrected chi connectivity index (χ3v) is 10.2. The fraction of sp³-hybridized carbons (Fsp3) is 0.324. The number of aromatic hydroxyl groups is 2. The van der Waals surface area contributed by atoms with E-state index in [1.54, 1.807) is 46.1 Å². The number of ether oxygens (including phenoxy) is 3. The van der Waals surface area contributed by atoms with E-state index in [-0.39, 0.29) is 55.3 Å². The molecule has 3 aromatic carbocycles. The summed E-state index contributed by atoms with van der Waals surface area (Å²) >= 11 is 5.62. The Labute approximate surface area is 307 Å². The fourth-order valence-corrected chi connectivity index (χ4v) is 7.53. The highest BCUT2D eigenvalue weighted by Crippen LogP contribution is 2.57. The number of amides is 1. The van der Waals surface area contributed by atoms with Crippen molar-refractivity contribution in [3.63, 3.8) is 0 Å². The number of thiocarbonyl (C=S) groups is 1. The van der Waals surface area contributed by atoms with Crippen LogP contribution in [0, 0.1) is 0 Å². The van der Waals surface area contributed by atoms with Crippen molar-refractivity contribution < 1.29 is 44.2 Å². The van der Waals surface area contributed by atoms with Crippen LogP contribution in [0.5, 0.6) is 23.0 Å². The minimum Gasteiger partial charge on any atom is -0.508 e. The number of rotatable bonds is 10. The van der Waals surface area contributed by atoms with Crippen LogP contribution in [0.3, 0.4) is 0 Å². The number of hydrogen-bond acceptors (Lipinski definition) is 13. The van der Waals surface area contributed by atoms with Crippen molar-refractivity contribution in [2.45, 2.75) is 43.6 Å². The average molecular weight is 741 g/mol. The summed E-state index contributed by atoms with van der Waals surface area (Å²) in [7, 11) is 0. The summed E-state index contributed by atoms with van der Waals surface area (Å²) in [6, 6.07) is 14.4. The summed E-state index contributed by atoms with van der Waals surface area (Å²) in [6.45, 7) is 1.22. The lowest BCUT2D eigenvalue weighted by molar-refractivity contribution is -0.121. The van der Waals surface area contributed by atoms with E-state index in [9.17, 15) is 30.0 Å². The number of benzene rings is 3. The second-order valence-corrected chi connectivity index (χ2v) is 13.6. The Hall–Kier alpha value is -5.71. The standard InChI is InChI=1S/C37H36N6O9S/c44-17-23-6-10-31(50-23)43-19-40-32-33(43)41-18-42(35(32)48)13-1-2-30(47)38-11-12-39-34(53)20-3-7-25-24(14-20)36(49)52-37(25)26-8-4-21(45)15-28(26)51-29-16-22(46)5-9-27(29)37/h3-5,7-9,14-16,19,23,31,44-46,48H,1-2,6,10-13,17-18H2,(H,38,47)(H,39,53)/t23-,31+/m0/s1. The Balaban J connectivity index is 0.852. The van der Waals surface area contributed by atoms with Gasteiger partial charge in [-0.3, -0.25) is 9.36 Å². The van der Waals surface area contributed by atoms with E-state index >= 15 is 0 Å². The van der Waals surface area contributed by atoms with Crippen LogP contribution in [-0.4, -0.2) is 90.8 Å². The zero-order valence-corrected chi connectivity index (χ0v) is 29.1. The van der Waals surface area contributed by atoms with Gasteiger partial charge in [-0.25, -0.2) is 14.8 Å². The molecule has 4 aromatic rings. The van der Waals surface area contributed by atoms with Crippen molar-refractivity contribution in [3.8, 4) is 23.0 Å². The smallest absolute Gasteiger partial charge is 0.340 e. The van der Waals surface area contributed by atoms with Gasteiger partial charge in [0.05, 0.1) is 24.6 Å².